The fraction of sp³-hybridized carbons (Fsp3) is 0.818. The minimum atomic E-state index is 0.459. The third-order valence-corrected chi connectivity index (χ3v) is 2.44. The SMILES string of the molecule is COCCCOC1CC=C(C)CC1. The first kappa shape index (κ1) is 10.7. The largest absolute Gasteiger partial charge is 0.385 e. The lowest BCUT2D eigenvalue weighted by Crippen LogP contribution is -2.16. The number of hydrogen-bond donors (Lipinski definition) is 0. The molecule has 1 unspecified atom stereocenters. The van der Waals surface area contributed by atoms with Crippen molar-refractivity contribution in [2.75, 3.05) is 20.3 Å². The molecule has 0 saturated carbocycles. The van der Waals surface area contributed by atoms with Gasteiger partial charge < -0.3 is 9.47 Å². The van der Waals surface area contributed by atoms with Crippen LogP contribution in [0.2, 0.25) is 0 Å². The van der Waals surface area contributed by atoms with E-state index in [0.29, 0.717) is 6.10 Å². The van der Waals surface area contributed by atoms with Gasteiger partial charge in [0.15, 0.2) is 0 Å². The van der Waals surface area contributed by atoms with E-state index in [4.69, 9.17) is 9.47 Å². The summed E-state index contributed by atoms with van der Waals surface area (Å²) < 4.78 is 10.7. The average Bonchev–Trinajstić information content (AvgIpc) is 2.15. The molecule has 2 heteroatoms. The first-order chi connectivity index (χ1) is 6.33. The first-order valence-corrected chi connectivity index (χ1v) is 5.09. The molecule has 0 aromatic carbocycles. The summed E-state index contributed by atoms with van der Waals surface area (Å²) in [6.45, 7) is 3.84. The highest BCUT2D eigenvalue weighted by atomic mass is 16.5. The highest BCUT2D eigenvalue weighted by Crippen LogP contribution is 2.19. The smallest absolute Gasteiger partial charge is 0.0612 e. The molecule has 0 fully saturated rings. The van der Waals surface area contributed by atoms with Gasteiger partial charge in [-0.2, -0.15) is 0 Å². The van der Waals surface area contributed by atoms with Crippen molar-refractivity contribution in [1.82, 2.24) is 0 Å². The van der Waals surface area contributed by atoms with Crippen molar-refractivity contribution < 1.29 is 9.47 Å². The zero-order valence-electron chi connectivity index (χ0n) is 8.71. The Kier molecular flexibility index (Phi) is 5.09. The van der Waals surface area contributed by atoms with Crippen LogP contribution >= 0.6 is 0 Å². The number of rotatable bonds is 5. The second kappa shape index (κ2) is 6.17. The van der Waals surface area contributed by atoms with Crippen molar-refractivity contribution in [1.29, 1.82) is 0 Å². The lowest BCUT2D eigenvalue weighted by molar-refractivity contribution is 0.0339. The van der Waals surface area contributed by atoms with Crippen LogP contribution in [-0.4, -0.2) is 26.4 Å². The fourth-order valence-electron chi connectivity index (χ4n) is 1.55. The third kappa shape index (κ3) is 4.44. The van der Waals surface area contributed by atoms with E-state index < -0.39 is 0 Å². The van der Waals surface area contributed by atoms with E-state index >= 15 is 0 Å². The van der Waals surface area contributed by atoms with Crippen LogP contribution in [0.25, 0.3) is 0 Å². The molecule has 1 atom stereocenters. The average molecular weight is 184 g/mol. The summed E-state index contributed by atoms with van der Waals surface area (Å²) in [5.41, 5.74) is 1.51. The van der Waals surface area contributed by atoms with Crippen LogP contribution in [0.1, 0.15) is 32.6 Å². The van der Waals surface area contributed by atoms with Crippen molar-refractivity contribution in [3.63, 3.8) is 0 Å². The van der Waals surface area contributed by atoms with Crippen molar-refractivity contribution in [2.45, 2.75) is 38.7 Å². The van der Waals surface area contributed by atoms with Crippen molar-refractivity contribution in [3.05, 3.63) is 11.6 Å². The van der Waals surface area contributed by atoms with Crippen LogP contribution in [0.4, 0.5) is 0 Å². The third-order valence-electron chi connectivity index (χ3n) is 2.44. The summed E-state index contributed by atoms with van der Waals surface area (Å²) in [4.78, 5) is 0. The number of hydrogen-bond acceptors (Lipinski definition) is 2. The van der Waals surface area contributed by atoms with E-state index in [9.17, 15) is 0 Å². The Morgan fingerprint density at radius 2 is 2.31 bits per heavy atom. The van der Waals surface area contributed by atoms with E-state index in [0.717, 1.165) is 26.1 Å². The van der Waals surface area contributed by atoms with Gasteiger partial charge in [0, 0.05) is 20.3 Å². The van der Waals surface area contributed by atoms with Gasteiger partial charge in [0.05, 0.1) is 6.10 Å². The Morgan fingerprint density at radius 3 is 2.92 bits per heavy atom. The fourth-order valence-corrected chi connectivity index (χ4v) is 1.55. The zero-order valence-corrected chi connectivity index (χ0v) is 8.71. The molecule has 13 heavy (non-hydrogen) atoms. The quantitative estimate of drug-likeness (QED) is 0.483. The Labute approximate surface area is 80.9 Å². The van der Waals surface area contributed by atoms with Gasteiger partial charge in [-0.05, 0) is 32.6 Å². The zero-order chi connectivity index (χ0) is 9.52. The molecule has 0 aromatic heterocycles. The summed E-state index contributed by atoms with van der Waals surface area (Å²) in [7, 11) is 1.73. The molecular weight excluding hydrogens is 164 g/mol. The topological polar surface area (TPSA) is 18.5 Å². The normalized spacial score (nSPS) is 22.9. The summed E-state index contributed by atoms with van der Waals surface area (Å²) in [5.74, 6) is 0. The van der Waals surface area contributed by atoms with Crippen LogP contribution in [0.5, 0.6) is 0 Å². The molecule has 1 aliphatic carbocycles. The van der Waals surface area contributed by atoms with Crippen LogP contribution in [0, 0.1) is 0 Å². The van der Waals surface area contributed by atoms with Gasteiger partial charge in [-0.3, -0.25) is 0 Å². The second-order valence-corrected chi connectivity index (χ2v) is 3.66. The van der Waals surface area contributed by atoms with E-state index in [-0.39, 0.29) is 0 Å². The van der Waals surface area contributed by atoms with Gasteiger partial charge in [0.1, 0.15) is 0 Å². The molecule has 0 saturated heterocycles. The van der Waals surface area contributed by atoms with Gasteiger partial charge in [-0.15, -0.1) is 0 Å². The van der Waals surface area contributed by atoms with Crippen molar-refractivity contribution in [2.24, 2.45) is 0 Å². The highest BCUT2D eigenvalue weighted by molar-refractivity contribution is 5.03. The Bertz CT molecular complexity index is 163. The number of allylic oxidation sites excluding steroid dienone is 1. The van der Waals surface area contributed by atoms with Crippen LogP contribution in [0.15, 0.2) is 11.6 Å². The Morgan fingerprint density at radius 1 is 1.46 bits per heavy atom. The van der Waals surface area contributed by atoms with Gasteiger partial charge in [0.25, 0.3) is 0 Å². The van der Waals surface area contributed by atoms with Crippen LogP contribution in [-0.2, 0) is 9.47 Å². The maximum Gasteiger partial charge on any atom is 0.0612 e. The minimum absolute atomic E-state index is 0.459. The van der Waals surface area contributed by atoms with E-state index in [1.54, 1.807) is 7.11 Å². The second-order valence-electron chi connectivity index (χ2n) is 3.66. The molecule has 0 aromatic rings. The maximum atomic E-state index is 5.71. The Balaban J connectivity index is 2.03. The standard InChI is InChI=1S/C11H20O2/c1-10-4-6-11(7-5-10)13-9-3-8-12-2/h4,11H,3,5-9H2,1-2H3. The molecule has 1 aliphatic rings. The Hall–Kier alpha value is -0.340. The van der Waals surface area contributed by atoms with Crippen LogP contribution in [0.3, 0.4) is 0 Å². The lowest BCUT2D eigenvalue weighted by Gasteiger charge is -2.20. The van der Waals surface area contributed by atoms with Gasteiger partial charge >= 0.3 is 0 Å². The molecule has 76 valence electrons. The van der Waals surface area contributed by atoms with Crippen molar-refractivity contribution >= 4 is 0 Å². The summed E-state index contributed by atoms with van der Waals surface area (Å²) >= 11 is 0. The predicted molar refractivity (Wildman–Crippen MR) is 53.8 cm³/mol. The number of ether oxygens (including phenoxy) is 2. The molecular formula is C11H20O2. The molecule has 2 nitrogen and oxygen atoms in total. The highest BCUT2D eigenvalue weighted by Gasteiger charge is 2.11. The minimum Gasteiger partial charge on any atom is -0.385 e. The monoisotopic (exact) mass is 184 g/mol. The van der Waals surface area contributed by atoms with E-state index in [2.05, 4.69) is 13.0 Å². The number of methoxy groups -OCH3 is 1. The molecule has 0 aliphatic heterocycles. The van der Waals surface area contributed by atoms with Crippen LogP contribution < -0.4 is 0 Å². The molecule has 1 rings (SSSR count). The predicted octanol–water partition coefficient (Wildman–Crippen LogP) is 2.54. The molecule has 0 radical (unpaired) electrons. The van der Waals surface area contributed by atoms with Crippen molar-refractivity contribution in [3.8, 4) is 0 Å². The van der Waals surface area contributed by atoms with Gasteiger partial charge in [-0.25, -0.2) is 0 Å². The molecule has 0 N–H and O–H groups in total. The van der Waals surface area contributed by atoms with E-state index in [1.807, 2.05) is 0 Å². The summed E-state index contributed by atoms with van der Waals surface area (Å²) in [6, 6.07) is 0. The van der Waals surface area contributed by atoms with Gasteiger partial charge in [0.2, 0.25) is 0 Å². The lowest BCUT2D eigenvalue weighted by atomic mass is 9.98. The van der Waals surface area contributed by atoms with Gasteiger partial charge in [-0.1, -0.05) is 11.6 Å². The molecule has 0 amide bonds. The maximum absolute atomic E-state index is 5.71. The first-order valence-electron chi connectivity index (χ1n) is 5.09. The van der Waals surface area contributed by atoms with E-state index in [1.165, 1.54) is 18.4 Å². The molecule has 0 bridgehead atoms. The summed E-state index contributed by atoms with van der Waals surface area (Å²) in [6.07, 6.45) is 7.25. The molecule has 0 spiro atoms. The molecule has 0 heterocycles. The summed E-state index contributed by atoms with van der Waals surface area (Å²) in [5, 5.41) is 0.